The van der Waals surface area contributed by atoms with Gasteiger partial charge in [0.15, 0.2) is 0 Å². The molecule has 0 saturated heterocycles. The van der Waals surface area contributed by atoms with Gasteiger partial charge in [0.05, 0.1) is 5.41 Å². The van der Waals surface area contributed by atoms with Crippen molar-refractivity contribution in [2.24, 2.45) is 11.1 Å². The van der Waals surface area contributed by atoms with Crippen LogP contribution in [0, 0.1) is 5.41 Å². The molecule has 1 aromatic heterocycles. The van der Waals surface area contributed by atoms with Crippen molar-refractivity contribution in [3.63, 3.8) is 0 Å². The molecule has 0 aliphatic heterocycles. The Morgan fingerprint density at radius 1 is 1.28 bits per heavy atom. The molecule has 0 radical (unpaired) electrons. The van der Waals surface area contributed by atoms with E-state index in [-0.39, 0.29) is 5.91 Å². The van der Waals surface area contributed by atoms with Gasteiger partial charge in [-0.3, -0.25) is 10.1 Å². The fourth-order valence-electron chi connectivity index (χ4n) is 2.20. The van der Waals surface area contributed by atoms with Gasteiger partial charge in [-0.2, -0.15) is 0 Å². The van der Waals surface area contributed by atoms with E-state index in [9.17, 15) is 4.79 Å². The first-order chi connectivity index (χ1) is 8.68. The minimum atomic E-state index is -0.497. The molecule has 100 valence electrons. The van der Waals surface area contributed by atoms with E-state index in [1.54, 1.807) is 18.5 Å². The second-order valence-corrected chi connectivity index (χ2v) is 4.51. The minimum absolute atomic E-state index is 0.0695. The zero-order chi connectivity index (χ0) is 13.4. The topological polar surface area (TPSA) is 80.9 Å². The smallest absolute Gasteiger partial charge is 0.234 e. The Bertz CT molecular complexity index is 361. The summed E-state index contributed by atoms with van der Waals surface area (Å²) in [6, 6.07) is 1.71. The maximum atomic E-state index is 12.4. The lowest BCUT2D eigenvalue weighted by atomic mass is 9.78. The number of anilines is 1. The molecule has 5 nitrogen and oxygen atoms in total. The van der Waals surface area contributed by atoms with Crippen LogP contribution in [-0.4, -0.2) is 22.4 Å². The van der Waals surface area contributed by atoms with Gasteiger partial charge in [0, 0.05) is 18.9 Å². The van der Waals surface area contributed by atoms with Gasteiger partial charge in [-0.05, 0) is 18.9 Å². The molecule has 0 atom stereocenters. The molecule has 0 aliphatic rings. The molecule has 0 aliphatic carbocycles. The summed E-state index contributed by atoms with van der Waals surface area (Å²) in [4.78, 5) is 20.4. The van der Waals surface area contributed by atoms with Crippen LogP contribution in [-0.2, 0) is 4.79 Å². The van der Waals surface area contributed by atoms with Crippen LogP contribution in [0.15, 0.2) is 18.5 Å². The maximum absolute atomic E-state index is 12.4. The molecule has 1 aromatic rings. The van der Waals surface area contributed by atoms with Crippen molar-refractivity contribution in [1.82, 2.24) is 9.97 Å². The van der Waals surface area contributed by atoms with E-state index < -0.39 is 5.41 Å². The van der Waals surface area contributed by atoms with E-state index in [0.717, 1.165) is 25.7 Å². The molecule has 18 heavy (non-hydrogen) atoms. The molecular formula is C13H22N4O. The van der Waals surface area contributed by atoms with Crippen LogP contribution in [0.4, 0.5) is 5.95 Å². The standard InChI is InChI=1S/C13H22N4O/c1-3-6-13(10-14,7-4-2)11(18)17-12-15-8-5-9-16-12/h5,8-9H,3-4,6-7,10,14H2,1-2H3,(H,15,16,17,18). The van der Waals surface area contributed by atoms with Crippen LogP contribution in [0.5, 0.6) is 0 Å². The molecule has 1 heterocycles. The first-order valence-corrected chi connectivity index (χ1v) is 6.47. The zero-order valence-electron chi connectivity index (χ0n) is 11.1. The molecule has 5 heteroatoms. The average molecular weight is 250 g/mol. The van der Waals surface area contributed by atoms with Crippen molar-refractivity contribution in [3.05, 3.63) is 18.5 Å². The number of nitrogens with one attached hydrogen (secondary N) is 1. The van der Waals surface area contributed by atoms with Crippen molar-refractivity contribution in [3.8, 4) is 0 Å². The third kappa shape index (κ3) is 3.50. The third-order valence-corrected chi connectivity index (χ3v) is 3.12. The van der Waals surface area contributed by atoms with E-state index in [1.165, 1.54) is 0 Å². The summed E-state index contributed by atoms with van der Waals surface area (Å²) in [5.41, 5.74) is 5.34. The predicted octanol–water partition coefficient (Wildman–Crippen LogP) is 1.96. The van der Waals surface area contributed by atoms with Crippen LogP contribution in [0.1, 0.15) is 39.5 Å². The van der Waals surface area contributed by atoms with Crippen LogP contribution in [0.3, 0.4) is 0 Å². The quantitative estimate of drug-likeness (QED) is 0.775. The second-order valence-electron chi connectivity index (χ2n) is 4.51. The van der Waals surface area contributed by atoms with Gasteiger partial charge >= 0.3 is 0 Å². The Morgan fingerprint density at radius 2 is 1.83 bits per heavy atom. The summed E-state index contributed by atoms with van der Waals surface area (Å²) in [5.74, 6) is 0.271. The Balaban J connectivity index is 2.82. The monoisotopic (exact) mass is 250 g/mol. The van der Waals surface area contributed by atoms with E-state index in [0.29, 0.717) is 12.5 Å². The summed E-state index contributed by atoms with van der Waals surface area (Å²) < 4.78 is 0. The van der Waals surface area contributed by atoms with Crippen LogP contribution in [0.25, 0.3) is 0 Å². The van der Waals surface area contributed by atoms with Crippen LogP contribution in [0.2, 0.25) is 0 Å². The highest BCUT2D eigenvalue weighted by atomic mass is 16.2. The number of nitrogens with zero attached hydrogens (tertiary/aromatic N) is 2. The number of nitrogens with two attached hydrogens (primary N) is 1. The van der Waals surface area contributed by atoms with Crippen molar-refractivity contribution in [2.45, 2.75) is 39.5 Å². The molecular weight excluding hydrogens is 228 g/mol. The average Bonchev–Trinajstić information content (AvgIpc) is 2.39. The summed E-state index contributed by atoms with van der Waals surface area (Å²) in [7, 11) is 0. The zero-order valence-corrected chi connectivity index (χ0v) is 11.1. The first-order valence-electron chi connectivity index (χ1n) is 6.47. The predicted molar refractivity (Wildman–Crippen MR) is 72.0 cm³/mol. The summed E-state index contributed by atoms with van der Waals surface area (Å²) >= 11 is 0. The van der Waals surface area contributed by atoms with Crippen molar-refractivity contribution in [1.29, 1.82) is 0 Å². The molecule has 0 unspecified atom stereocenters. The summed E-state index contributed by atoms with van der Waals surface area (Å²) in [6.45, 7) is 4.48. The van der Waals surface area contributed by atoms with Crippen molar-refractivity contribution >= 4 is 11.9 Å². The molecule has 0 spiro atoms. The summed E-state index contributed by atoms with van der Waals surface area (Å²) in [6.07, 6.45) is 6.64. The molecule has 0 saturated carbocycles. The number of carbonyl (C=O) groups is 1. The molecule has 1 amide bonds. The molecule has 3 N–H and O–H groups in total. The van der Waals surface area contributed by atoms with Gasteiger partial charge in [0.1, 0.15) is 0 Å². The molecule has 0 bridgehead atoms. The van der Waals surface area contributed by atoms with Crippen LogP contribution >= 0.6 is 0 Å². The Morgan fingerprint density at radius 3 is 2.28 bits per heavy atom. The number of hydrogen-bond donors (Lipinski definition) is 2. The molecule has 0 aromatic carbocycles. The lowest BCUT2D eigenvalue weighted by Crippen LogP contribution is -2.42. The number of aromatic nitrogens is 2. The van der Waals surface area contributed by atoms with Gasteiger partial charge in [0.2, 0.25) is 11.9 Å². The fraction of sp³-hybridized carbons (Fsp3) is 0.615. The van der Waals surface area contributed by atoms with Crippen molar-refractivity contribution in [2.75, 3.05) is 11.9 Å². The highest BCUT2D eigenvalue weighted by Crippen LogP contribution is 2.30. The number of hydrogen-bond acceptors (Lipinski definition) is 4. The highest BCUT2D eigenvalue weighted by Gasteiger charge is 2.35. The Hall–Kier alpha value is -1.49. The number of rotatable bonds is 7. The highest BCUT2D eigenvalue weighted by molar-refractivity contribution is 5.94. The molecule has 0 fully saturated rings. The molecule has 1 rings (SSSR count). The SMILES string of the molecule is CCCC(CN)(CCC)C(=O)Nc1ncccn1. The van der Waals surface area contributed by atoms with Gasteiger partial charge < -0.3 is 5.73 Å². The van der Waals surface area contributed by atoms with Crippen LogP contribution < -0.4 is 11.1 Å². The lowest BCUT2D eigenvalue weighted by molar-refractivity contribution is -0.126. The van der Waals surface area contributed by atoms with E-state index in [1.807, 2.05) is 0 Å². The number of carbonyl (C=O) groups excluding carboxylic acids is 1. The van der Waals surface area contributed by atoms with Gasteiger partial charge in [-0.15, -0.1) is 0 Å². The number of amides is 1. The third-order valence-electron chi connectivity index (χ3n) is 3.12. The van der Waals surface area contributed by atoms with E-state index >= 15 is 0 Å². The van der Waals surface area contributed by atoms with E-state index in [2.05, 4.69) is 29.1 Å². The van der Waals surface area contributed by atoms with Gasteiger partial charge in [0.25, 0.3) is 0 Å². The van der Waals surface area contributed by atoms with E-state index in [4.69, 9.17) is 5.73 Å². The Kier molecular flexibility index (Phi) is 5.71. The lowest BCUT2D eigenvalue weighted by Gasteiger charge is -2.30. The van der Waals surface area contributed by atoms with Gasteiger partial charge in [-0.25, -0.2) is 9.97 Å². The normalized spacial score (nSPS) is 11.3. The fourth-order valence-corrected chi connectivity index (χ4v) is 2.20. The largest absolute Gasteiger partial charge is 0.329 e. The maximum Gasteiger partial charge on any atom is 0.234 e. The first kappa shape index (κ1) is 14.6. The summed E-state index contributed by atoms with van der Waals surface area (Å²) in [5, 5.41) is 2.76. The van der Waals surface area contributed by atoms with Gasteiger partial charge in [-0.1, -0.05) is 26.7 Å². The minimum Gasteiger partial charge on any atom is -0.329 e. The Labute approximate surface area is 108 Å². The van der Waals surface area contributed by atoms with Crippen molar-refractivity contribution < 1.29 is 4.79 Å². The second kappa shape index (κ2) is 7.06.